The van der Waals surface area contributed by atoms with Gasteiger partial charge in [-0.05, 0) is 12.1 Å². The Bertz CT molecular complexity index is 550. The lowest BCUT2D eigenvalue weighted by atomic mass is 10.2. The SMILES string of the molecule is O=C(NCc1nn[nH]n1)c1ccc(C(=O)O)nc1. The van der Waals surface area contributed by atoms with Gasteiger partial charge < -0.3 is 10.4 Å². The van der Waals surface area contributed by atoms with Gasteiger partial charge in [0.25, 0.3) is 5.91 Å². The van der Waals surface area contributed by atoms with Gasteiger partial charge in [0.2, 0.25) is 0 Å². The van der Waals surface area contributed by atoms with Crippen molar-refractivity contribution in [2.45, 2.75) is 6.54 Å². The number of amides is 1. The van der Waals surface area contributed by atoms with Crippen LogP contribution in [-0.2, 0) is 6.54 Å². The van der Waals surface area contributed by atoms with Crippen molar-refractivity contribution in [3.8, 4) is 0 Å². The molecule has 9 heteroatoms. The minimum Gasteiger partial charge on any atom is -0.477 e. The highest BCUT2D eigenvalue weighted by Crippen LogP contribution is 2.00. The molecule has 0 atom stereocenters. The average molecular weight is 248 g/mol. The fourth-order valence-electron chi connectivity index (χ4n) is 1.17. The molecule has 2 aromatic heterocycles. The van der Waals surface area contributed by atoms with E-state index < -0.39 is 11.9 Å². The Labute approximate surface area is 100 Å². The first-order valence-electron chi connectivity index (χ1n) is 4.86. The van der Waals surface area contributed by atoms with E-state index in [2.05, 4.69) is 30.9 Å². The van der Waals surface area contributed by atoms with Gasteiger partial charge in [-0.25, -0.2) is 9.78 Å². The van der Waals surface area contributed by atoms with Gasteiger partial charge in [0.05, 0.1) is 12.1 Å². The van der Waals surface area contributed by atoms with Gasteiger partial charge in [0, 0.05) is 6.20 Å². The number of hydrogen-bond donors (Lipinski definition) is 3. The second kappa shape index (κ2) is 4.99. The standard InChI is InChI=1S/C9H8N6O3/c16-8(11-4-7-12-14-15-13-7)5-1-2-6(9(17)18)10-3-5/h1-3H,4H2,(H,11,16)(H,17,18)(H,12,13,14,15). The number of carboxylic acid groups (broad SMARTS) is 1. The van der Waals surface area contributed by atoms with Crippen LogP contribution in [0.25, 0.3) is 0 Å². The first-order valence-corrected chi connectivity index (χ1v) is 4.86. The summed E-state index contributed by atoms with van der Waals surface area (Å²) < 4.78 is 0. The molecule has 9 nitrogen and oxygen atoms in total. The van der Waals surface area contributed by atoms with Crippen LogP contribution in [0.15, 0.2) is 18.3 Å². The first-order chi connectivity index (χ1) is 8.66. The maximum Gasteiger partial charge on any atom is 0.354 e. The van der Waals surface area contributed by atoms with Crippen LogP contribution in [0.3, 0.4) is 0 Å². The maximum atomic E-state index is 11.6. The summed E-state index contributed by atoms with van der Waals surface area (Å²) in [6, 6.07) is 2.63. The summed E-state index contributed by atoms with van der Waals surface area (Å²) in [5.74, 6) is -1.20. The van der Waals surface area contributed by atoms with E-state index in [9.17, 15) is 9.59 Å². The Kier molecular flexibility index (Phi) is 3.23. The van der Waals surface area contributed by atoms with Gasteiger partial charge in [0.1, 0.15) is 5.69 Å². The highest BCUT2D eigenvalue weighted by Gasteiger charge is 2.09. The molecule has 0 aliphatic heterocycles. The zero-order valence-corrected chi connectivity index (χ0v) is 8.99. The van der Waals surface area contributed by atoms with E-state index in [1.807, 2.05) is 0 Å². The largest absolute Gasteiger partial charge is 0.477 e. The van der Waals surface area contributed by atoms with Crippen LogP contribution in [0.4, 0.5) is 0 Å². The molecule has 0 spiro atoms. The molecule has 0 saturated carbocycles. The Morgan fingerprint density at radius 3 is 2.78 bits per heavy atom. The first kappa shape index (κ1) is 11.6. The van der Waals surface area contributed by atoms with Crippen molar-refractivity contribution in [3.63, 3.8) is 0 Å². The maximum absolute atomic E-state index is 11.6. The predicted octanol–water partition coefficient (Wildman–Crippen LogP) is -0.777. The van der Waals surface area contributed by atoms with Crippen molar-refractivity contribution in [1.82, 2.24) is 30.9 Å². The molecule has 2 heterocycles. The summed E-state index contributed by atoms with van der Waals surface area (Å²) in [6.07, 6.45) is 1.19. The lowest BCUT2D eigenvalue weighted by Crippen LogP contribution is -2.23. The Hall–Kier alpha value is -2.84. The van der Waals surface area contributed by atoms with Crippen LogP contribution in [0.5, 0.6) is 0 Å². The third-order valence-corrected chi connectivity index (χ3v) is 2.04. The van der Waals surface area contributed by atoms with Crippen molar-refractivity contribution in [3.05, 3.63) is 35.4 Å². The Morgan fingerprint density at radius 2 is 2.22 bits per heavy atom. The van der Waals surface area contributed by atoms with E-state index in [1.54, 1.807) is 0 Å². The number of rotatable bonds is 4. The number of carboxylic acids is 1. The highest BCUT2D eigenvalue weighted by molar-refractivity contribution is 5.94. The van der Waals surface area contributed by atoms with Gasteiger partial charge in [0.15, 0.2) is 5.82 Å². The van der Waals surface area contributed by atoms with Crippen LogP contribution < -0.4 is 5.32 Å². The van der Waals surface area contributed by atoms with Gasteiger partial charge in [-0.2, -0.15) is 5.21 Å². The molecule has 0 bridgehead atoms. The van der Waals surface area contributed by atoms with Crippen LogP contribution in [0.1, 0.15) is 26.7 Å². The van der Waals surface area contributed by atoms with E-state index in [4.69, 9.17) is 5.11 Å². The summed E-state index contributed by atoms with van der Waals surface area (Å²) in [6.45, 7) is 0.121. The minimum atomic E-state index is -1.14. The fraction of sp³-hybridized carbons (Fsp3) is 0.111. The molecule has 0 fully saturated rings. The fourth-order valence-corrected chi connectivity index (χ4v) is 1.17. The lowest BCUT2D eigenvalue weighted by molar-refractivity contribution is 0.0689. The lowest BCUT2D eigenvalue weighted by Gasteiger charge is -2.02. The zero-order valence-electron chi connectivity index (χ0n) is 8.99. The molecule has 2 aromatic rings. The molecule has 18 heavy (non-hydrogen) atoms. The van der Waals surface area contributed by atoms with Crippen LogP contribution in [0.2, 0.25) is 0 Å². The Morgan fingerprint density at radius 1 is 1.39 bits per heavy atom. The number of carbonyl (C=O) groups excluding carboxylic acids is 1. The van der Waals surface area contributed by atoms with Crippen LogP contribution in [0, 0.1) is 0 Å². The molecule has 3 N–H and O–H groups in total. The summed E-state index contributed by atoms with van der Waals surface area (Å²) in [7, 11) is 0. The van der Waals surface area contributed by atoms with Crippen molar-refractivity contribution in [2.75, 3.05) is 0 Å². The molecule has 0 aliphatic rings. The summed E-state index contributed by atoms with van der Waals surface area (Å²) >= 11 is 0. The molecule has 0 aliphatic carbocycles. The van der Waals surface area contributed by atoms with Gasteiger partial charge in [-0.3, -0.25) is 4.79 Å². The molecule has 2 rings (SSSR count). The number of pyridine rings is 1. The van der Waals surface area contributed by atoms with E-state index in [-0.39, 0.29) is 17.8 Å². The molecular formula is C9H8N6O3. The summed E-state index contributed by atoms with van der Waals surface area (Å²) in [4.78, 5) is 25.8. The number of nitrogens with zero attached hydrogens (tertiary/aromatic N) is 4. The molecule has 1 amide bonds. The monoisotopic (exact) mass is 248 g/mol. The third-order valence-electron chi connectivity index (χ3n) is 2.04. The Balaban J connectivity index is 1.98. The molecule has 0 aromatic carbocycles. The second-order valence-corrected chi connectivity index (χ2v) is 3.25. The highest BCUT2D eigenvalue weighted by atomic mass is 16.4. The van der Waals surface area contributed by atoms with Crippen molar-refractivity contribution in [2.24, 2.45) is 0 Å². The van der Waals surface area contributed by atoms with E-state index >= 15 is 0 Å². The number of aromatic carboxylic acids is 1. The number of nitrogens with one attached hydrogen (secondary N) is 2. The van der Waals surface area contributed by atoms with Crippen molar-refractivity contribution in [1.29, 1.82) is 0 Å². The summed E-state index contributed by atoms with van der Waals surface area (Å²) in [5, 5.41) is 24.1. The number of aromatic nitrogens is 5. The molecule has 0 unspecified atom stereocenters. The predicted molar refractivity (Wildman–Crippen MR) is 56.5 cm³/mol. The van der Waals surface area contributed by atoms with Crippen molar-refractivity contribution < 1.29 is 14.7 Å². The van der Waals surface area contributed by atoms with Gasteiger partial charge >= 0.3 is 5.97 Å². The molecule has 0 saturated heterocycles. The van der Waals surface area contributed by atoms with E-state index in [1.165, 1.54) is 18.3 Å². The third kappa shape index (κ3) is 2.64. The van der Waals surface area contributed by atoms with Gasteiger partial charge in [-0.1, -0.05) is 5.21 Å². The second-order valence-electron chi connectivity index (χ2n) is 3.25. The van der Waals surface area contributed by atoms with E-state index in [0.717, 1.165) is 0 Å². The van der Waals surface area contributed by atoms with Crippen molar-refractivity contribution >= 4 is 11.9 Å². The minimum absolute atomic E-state index is 0.121. The van der Waals surface area contributed by atoms with Crippen LogP contribution >= 0.6 is 0 Å². The van der Waals surface area contributed by atoms with Crippen LogP contribution in [-0.4, -0.2) is 42.6 Å². The number of carbonyl (C=O) groups is 2. The average Bonchev–Trinajstić information content (AvgIpc) is 2.89. The molecule has 92 valence electrons. The van der Waals surface area contributed by atoms with E-state index in [0.29, 0.717) is 5.82 Å². The summed E-state index contributed by atoms with van der Waals surface area (Å²) in [5.41, 5.74) is 0.133. The number of aromatic amines is 1. The zero-order chi connectivity index (χ0) is 13.0. The smallest absolute Gasteiger partial charge is 0.354 e. The van der Waals surface area contributed by atoms with Gasteiger partial charge in [-0.15, -0.1) is 10.2 Å². The number of hydrogen-bond acceptors (Lipinski definition) is 6. The quantitative estimate of drug-likeness (QED) is 0.646. The number of tetrazole rings is 1. The normalized spacial score (nSPS) is 10.0. The molecule has 0 radical (unpaired) electrons. The topological polar surface area (TPSA) is 134 Å². The number of H-pyrrole nitrogens is 1. The molecular weight excluding hydrogens is 240 g/mol.